The maximum absolute atomic E-state index is 13.8. The van der Waals surface area contributed by atoms with Crippen molar-refractivity contribution in [2.45, 2.75) is 19.0 Å². The second kappa shape index (κ2) is 7.24. The quantitative estimate of drug-likeness (QED) is 0.832. The van der Waals surface area contributed by atoms with Gasteiger partial charge < -0.3 is 9.47 Å². The minimum atomic E-state index is -1.09. The first-order valence-electron chi connectivity index (χ1n) is 7.22. The van der Waals surface area contributed by atoms with Crippen molar-refractivity contribution < 1.29 is 18.7 Å². The van der Waals surface area contributed by atoms with E-state index in [1.165, 1.54) is 13.2 Å². The van der Waals surface area contributed by atoms with Crippen LogP contribution in [-0.4, -0.2) is 20.2 Å². The van der Waals surface area contributed by atoms with E-state index in [9.17, 15) is 9.18 Å². The van der Waals surface area contributed by atoms with Crippen molar-refractivity contribution >= 4 is 5.97 Å². The first kappa shape index (κ1) is 17.0. The number of methoxy groups -OCH3 is 2. The lowest BCUT2D eigenvalue weighted by Gasteiger charge is -2.29. The molecule has 1 atom stereocenters. The molecule has 0 radical (unpaired) electrons. The van der Waals surface area contributed by atoms with Gasteiger partial charge in [-0.15, -0.1) is 0 Å². The first-order valence-corrected chi connectivity index (χ1v) is 7.22. The van der Waals surface area contributed by atoms with Crippen LogP contribution in [0.15, 0.2) is 48.5 Å². The van der Waals surface area contributed by atoms with E-state index in [-0.39, 0.29) is 12.4 Å². The summed E-state index contributed by atoms with van der Waals surface area (Å²) in [5, 5.41) is 3.10. The van der Waals surface area contributed by atoms with E-state index in [4.69, 9.17) is 9.47 Å². The zero-order chi connectivity index (χ0) is 16.9. The number of esters is 1. The molecule has 0 saturated heterocycles. The zero-order valence-corrected chi connectivity index (χ0v) is 13.4. The van der Waals surface area contributed by atoms with Crippen molar-refractivity contribution in [2.75, 3.05) is 14.2 Å². The van der Waals surface area contributed by atoms with Crippen LogP contribution in [0.25, 0.3) is 0 Å². The van der Waals surface area contributed by atoms with Crippen LogP contribution >= 0.6 is 0 Å². The summed E-state index contributed by atoms with van der Waals surface area (Å²) in [4.78, 5) is 12.3. The van der Waals surface area contributed by atoms with Crippen LogP contribution in [0, 0.1) is 5.82 Å². The predicted octanol–water partition coefficient (Wildman–Crippen LogP) is 3.01. The number of nitrogens with one attached hydrogen (secondary N) is 1. The molecule has 0 aliphatic rings. The molecule has 0 spiro atoms. The Morgan fingerprint density at radius 2 is 1.78 bits per heavy atom. The molecule has 0 aliphatic heterocycles. The Hall–Kier alpha value is -2.40. The molecule has 4 nitrogen and oxygen atoms in total. The van der Waals surface area contributed by atoms with Crippen molar-refractivity contribution in [3.05, 3.63) is 65.5 Å². The smallest absolute Gasteiger partial charge is 0.330 e. The van der Waals surface area contributed by atoms with Gasteiger partial charge in [0.05, 0.1) is 14.2 Å². The molecular weight excluding hydrogens is 297 g/mol. The van der Waals surface area contributed by atoms with E-state index in [1.54, 1.807) is 56.5 Å². The molecule has 122 valence electrons. The summed E-state index contributed by atoms with van der Waals surface area (Å²) in [6.45, 7) is 1.91. The maximum atomic E-state index is 13.8. The minimum Gasteiger partial charge on any atom is -0.497 e. The largest absolute Gasteiger partial charge is 0.497 e. The Morgan fingerprint density at radius 1 is 1.13 bits per heavy atom. The van der Waals surface area contributed by atoms with E-state index in [2.05, 4.69) is 5.32 Å². The summed E-state index contributed by atoms with van der Waals surface area (Å²) in [5.74, 6) is -0.0731. The molecule has 5 heteroatoms. The van der Waals surface area contributed by atoms with Crippen LogP contribution in [0.4, 0.5) is 4.39 Å². The van der Waals surface area contributed by atoms with E-state index in [0.717, 1.165) is 0 Å². The maximum Gasteiger partial charge on any atom is 0.330 e. The summed E-state index contributed by atoms with van der Waals surface area (Å²) in [6, 6.07) is 13.5. The SMILES string of the molecule is COC(=O)C(C)(NCc1ccccc1F)c1ccc(OC)cc1. The lowest BCUT2D eigenvalue weighted by Crippen LogP contribution is -2.47. The lowest BCUT2D eigenvalue weighted by atomic mass is 9.91. The fourth-order valence-corrected chi connectivity index (χ4v) is 2.33. The highest BCUT2D eigenvalue weighted by Gasteiger charge is 2.36. The van der Waals surface area contributed by atoms with Crippen LogP contribution in [-0.2, 0) is 21.6 Å². The molecule has 2 aromatic rings. The number of ether oxygens (including phenoxy) is 2. The Labute approximate surface area is 135 Å². The standard InChI is InChI=1S/C18H20FNO3/c1-18(17(21)23-3,14-8-10-15(22-2)11-9-14)20-12-13-6-4-5-7-16(13)19/h4-11,20H,12H2,1-3H3. The molecule has 0 amide bonds. The Balaban J connectivity index is 2.28. The summed E-state index contributed by atoms with van der Waals surface area (Å²) in [6.07, 6.45) is 0. The number of halogens is 1. The van der Waals surface area contributed by atoms with Gasteiger partial charge in [-0.1, -0.05) is 30.3 Å². The van der Waals surface area contributed by atoms with E-state index >= 15 is 0 Å². The topological polar surface area (TPSA) is 47.6 Å². The lowest BCUT2D eigenvalue weighted by molar-refractivity contribution is -0.148. The van der Waals surface area contributed by atoms with Crippen LogP contribution in [0.3, 0.4) is 0 Å². The average Bonchev–Trinajstić information content (AvgIpc) is 2.60. The third-order valence-corrected chi connectivity index (χ3v) is 3.85. The van der Waals surface area contributed by atoms with Crippen LogP contribution in [0.2, 0.25) is 0 Å². The number of hydrogen-bond acceptors (Lipinski definition) is 4. The normalized spacial score (nSPS) is 13.2. The van der Waals surface area contributed by atoms with Crippen molar-refractivity contribution in [1.82, 2.24) is 5.32 Å². The third kappa shape index (κ3) is 3.68. The molecule has 23 heavy (non-hydrogen) atoms. The highest BCUT2D eigenvalue weighted by Crippen LogP contribution is 2.25. The Morgan fingerprint density at radius 3 is 2.35 bits per heavy atom. The fourth-order valence-electron chi connectivity index (χ4n) is 2.33. The van der Waals surface area contributed by atoms with Gasteiger partial charge >= 0.3 is 5.97 Å². The van der Waals surface area contributed by atoms with Crippen molar-refractivity contribution in [1.29, 1.82) is 0 Å². The van der Waals surface area contributed by atoms with Gasteiger partial charge in [0.2, 0.25) is 0 Å². The van der Waals surface area contributed by atoms with Gasteiger partial charge in [0, 0.05) is 12.1 Å². The van der Waals surface area contributed by atoms with Crippen molar-refractivity contribution in [3.8, 4) is 5.75 Å². The number of hydrogen-bond donors (Lipinski definition) is 1. The zero-order valence-electron chi connectivity index (χ0n) is 13.4. The summed E-state index contributed by atoms with van der Waals surface area (Å²) < 4.78 is 23.8. The van der Waals surface area contributed by atoms with Gasteiger partial charge in [-0.2, -0.15) is 0 Å². The van der Waals surface area contributed by atoms with Gasteiger partial charge in [0.15, 0.2) is 0 Å². The van der Waals surface area contributed by atoms with Crippen LogP contribution in [0.1, 0.15) is 18.1 Å². The van der Waals surface area contributed by atoms with Gasteiger partial charge in [-0.3, -0.25) is 5.32 Å². The molecule has 0 heterocycles. The van der Waals surface area contributed by atoms with Gasteiger partial charge in [0.25, 0.3) is 0 Å². The highest BCUT2D eigenvalue weighted by molar-refractivity contribution is 5.82. The minimum absolute atomic E-state index is 0.199. The second-order valence-corrected chi connectivity index (χ2v) is 5.29. The number of carbonyl (C=O) groups is 1. The van der Waals surface area contributed by atoms with E-state index < -0.39 is 11.5 Å². The highest BCUT2D eigenvalue weighted by atomic mass is 19.1. The molecule has 0 aliphatic carbocycles. The molecule has 0 fully saturated rings. The van der Waals surface area contributed by atoms with E-state index in [0.29, 0.717) is 16.9 Å². The Kier molecular flexibility index (Phi) is 5.34. The summed E-state index contributed by atoms with van der Waals surface area (Å²) in [7, 11) is 2.90. The Bertz CT molecular complexity index is 672. The molecule has 0 aromatic heterocycles. The number of rotatable bonds is 6. The van der Waals surface area contributed by atoms with Gasteiger partial charge in [0.1, 0.15) is 17.1 Å². The third-order valence-electron chi connectivity index (χ3n) is 3.85. The molecule has 2 aromatic carbocycles. The van der Waals surface area contributed by atoms with Crippen molar-refractivity contribution in [2.24, 2.45) is 0 Å². The molecule has 1 unspecified atom stereocenters. The average molecular weight is 317 g/mol. The first-order chi connectivity index (χ1) is 11.0. The fraction of sp³-hybridized carbons (Fsp3) is 0.278. The molecule has 0 saturated carbocycles. The number of benzene rings is 2. The summed E-state index contributed by atoms with van der Waals surface area (Å²) in [5.41, 5.74) is 0.0983. The van der Waals surface area contributed by atoms with Crippen LogP contribution < -0.4 is 10.1 Å². The molecule has 0 bridgehead atoms. The number of carbonyl (C=O) groups excluding carboxylic acids is 1. The molecule has 2 rings (SSSR count). The van der Waals surface area contributed by atoms with Gasteiger partial charge in [-0.05, 0) is 30.7 Å². The van der Waals surface area contributed by atoms with E-state index in [1.807, 2.05) is 0 Å². The monoisotopic (exact) mass is 317 g/mol. The second-order valence-electron chi connectivity index (χ2n) is 5.29. The predicted molar refractivity (Wildman–Crippen MR) is 85.6 cm³/mol. The molecule has 1 N–H and O–H groups in total. The van der Waals surface area contributed by atoms with Gasteiger partial charge in [-0.25, -0.2) is 9.18 Å². The van der Waals surface area contributed by atoms with Crippen LogP contribution in [0.5, 0.6) is 5.75 Å². The summed E-state index contributed by atoms with van der Waals surface area (Å²) >= 11 is 0. The molecular formula is C18H20FNO3. The van der Waals surface area contributed by atoms with Crippen molar-refractivity contribution in [3.63, 3.8) is 0 Å².